The van der Waals surface area contributed by atoms with Crippen LogP contribution >= 0.6 is 23.2 Å². The molecule has 0 heterocycles. The van der Waals surface area contributed by atoms with Gasteiger partial charge in [-0.05, 0) is 24.8 Å². The van der Waals surface area contributed by atoms with Gasteiger partial charge in [0.1, 0.15) is 0 Å². The minimum atomic E-state index is -1.72. The first kappa shape index (κ1) is 23.3. The summed E-state index contributed by atoms with van der Waals surface area (Å²) in [5, 5.41) is 10.6. The molecule has 0 atom stereocenters. The van der Waals surface area contributed by atoms with Crippen LogP contribution in [0.1, 0.15) is 63.4 Å². The molecule has 0 unspecified atom stereocenters. The van der Waals surface area contributed by atoms with Crippen molar-refractivity contribution >= 4 is 29.2 Å². The molecular weight excluding hydrogens is 342 g/mol. The van der Waals surface area contributed by atoms with E-state index < -0.39 is 10.3 Å². The van der Waals surface area contributed by atoms with Crippen molar-refractivity contribution < 1.29 is 39.5 Å². The molecule has 1 rings (SSSR count). The third kappa shape index (κ3) is 11.4. The zero-order chi connectivity index (χ0) is 16.3. The topological polar surface area (TPSA) is 40.1 Å². The zero-order valence-corrected chi connectivity index (χ0v) is 17.5. The first-order valence-electron chi connectivity index (χ1n) is 8.15. The van der Waals surface area contributed by atoms with E-state index in [1.54, 1.807) is 0 Å². The number of unbranched alkanes of at least 4 members (excludes halogenated alkanes) is 7. The van der Waals surface area contributed by atoms with Gasteiger partial charge < -0.3 is 9.90 Å². The van der Waals surface area contributed by atoms with Crippen molar-refractivity contribution in [1.82, 2.24) is 0 Å². The molecule has 0 aromatic heterocycles. The summed E-state index contributed by atoms with van der Waals surface area (Å²) in [7, 11) is 0. The van der Waals surface area contributed by atoms with Crippen molar-refractivity contribution in [2.75, 3.05) is 0 Å². The Balaban J connectivity index is 0.00000484. The molecule has 0 aliphatic rings. The van der Waals surface area contributed by atoms with E-state index in [-0.39, 0.29) is 36.0 Å². The average molecular weight is 367 g/mol. The second kappa shape index (κ2) is 13.5. The molecule has 0 saturated heterocycles. The van der Waals surface area contributed by atoms with Gasteiger partial charge in [-0.25, -0.2) is 0 Å². The first-order chi connectivity index (χ1) is 10.5. The predicted octanol–water partition coefficient (Wildman–Crippen LogP) is 1.67. The monoisotopic (exact) mass is 366 g/mol. The van der Waals surface area contributed by atoms with Crippen LogP contribution < -0.4 is 34.7 Å². The number of hydrogen-bond acceptors (Lipinski definition) is 2. The maximum atomic E-state index is 10.6. The first-order valence-corrected chi connectivity index (χ1v) is 8.91. The summed E-state index contributed by atoms with van der Waals surface area (Å²) in [6, 6.07) is 10.6. The third-order valence-corrected chi connectivity index (χ3v) is 4.53. The minimum absolute atomic E-state index is 0. The number of aryl methyl sites for hydroxylation is 1. The summed E-state index contributed by atoms with van der Waals surface area (Å²) >= 11 is 11.2. The molecule has 0 aliphatic heterocycles. The van der Waals surface area contributed by atoms with Gasteiger partial charge in [-0.15, -0.1) is 0 Å². The van der Waals surface area contributed by atoms with E-state index in [9.17, 15) is 9.90 Å². The summed E-state index contributed by atoms with van der Waals surface area (Å²) in [4.78, 5) is 10.6. The molecule has 1 aromatic carbocycles. The quantitative estimate of drug-likeness (QED) is 0.320. The number of aliphatic carboxylic acids is 1. The van der Waals surface area contributed by atoms with Crippen LogP contribution in [0.25, 0.3) is 0 Å². The number of alkyl halides is 2. The summed E-state index contributed by atoms with van der Waals surface area (Å²) < 4.78 is -1.72. The summed E-state index contributed by atoms with van der Waals surface area (Å²) in [5.41, 5.74) is 1.42. The maximum absolute atomic E-state index is 10.6. The standard InChI is InChI=1S/C18H26Cl2O2.Na/c19-18(20,17(21)22)15-11-6-4-2-1-3-5-8-12-16-13-9-7-10-14-16;/h7,9-10,13-14H,1-6,8,11-12,15H2,(H,21,22);/q;+1/p-1. The van der Waals surface area contributed by atoms with Crippen LogP contribution in [-0.4, -0.2) is 10.3 Å². The fourth-order valence-electron chi connectivity index (χ4n) is 2.48. The van der Waals surface area contributed by atoms with E-state index in [2.05, 4.69) is 30.3 Å². The van der Waals surface area contributed by atoms with E-state index in [0.29, 0.717) is 0 Å². The molecule has 0 saturated carbocycles. The molecular formula is C18H25Cl2NaO2. The van der Waals surface area contributed by atoms with Crippen LogP contribution in [0.4, 0.5) is 0 Å². The second-order valence-electron chi connectivity index (χ2n) is 5.81. The SMILES string of the molecule is O=C([O-])C(Cl)(Cl)CCCCCCCCCCc1ccccc1.[Na+]. The van der Waals surface area contributed by atoms with Gasteiger partial charge in [-0.3, -0.25) is 0 Å². The second-order valence-corrected chi connectivity index (χ2v) is 7.29. The number of rotatable bonds is 12. The molecule has 5 heteroatoms. The number of carboxylic acid groups (broad SMARTS) is 1. The van der Waals surface area contributed by atoms with Crippen LogP contribution in [0.5, 0.6) is 0 Å². The molecule has 0 spiro atoms. The van der Waals surface area contributed by atoms with Crippen LogP contribution in [0.3, 0.4) is 0 Å². The third-order valence-electron chi connectivity index (χ3n) is 3.85. The number of benzene rings is 1. The van der Waals surface area contributed by atoms with Crippen molar-refractivity contribution in [3.63, 3.8) is 0 Å². The van der Waals surface area contributed by atoms with Crippen molar-refractivity contribution in [3.05, 3.63) is 35.9 Å². The van der Waals surface area contributed by atoms with Gasteiger partial charge in [0.05, 0.1) is 5.97 Å². The van der Waals surface area contributed by atoms with E-state index in [4.69, 9.17) is 23.2 Å². The van der Waals surface area contributed by atoms with E-state index in [1.165, 1.54) is 37.7 Å². The van der Waals surface area contributed by atoms with Crippen LogP contribution in [0, 0.1) is 0 Å². The number of carbonyl (C=O) groups is 1. The molecule has 0 radical (unpaired) electrons. The van der Waals surface area contributed by atoms with Gasteiger partial charge in [0.15, 0.2) is 4.33 Å². The fraction of sp³-hybridized carbons (Fsp3) is 0.611. The van der Waals surface area contributed by atoms with Crippen LogP contribution in [-0.2, 0) is 11.2 Å². The van der Waals surface area contributed by atoms with Gasteiger partial charge in [0, 0.05) is 0 Å². The summed E-state index contributed by atoms with van der Waals surface area (Å²) in [5.74, 6) is -1.39. The minimum Gasteiger partial charge on any atom is -0.547 e. The molecule has 0 N–H and O–H groups in total. The van der Waals surface area contributed by atoms with Crippen LogP contribution in [0.2, 0.25) is 0 Å². The Bertz CT molecular complexity index is 424. The number of hydrogen-bond donors (Lipinski definition) is 0. The van der Waals surface area contributed by atoms with Gasteiger partial charge in [-0.1, -0.05) is 98.5 Å². The Morgan fingerprint density at radius 1 is 0.870 bits per heavy atom. The van der Waals surface area contributed by atoms with Crippen LogP contribution in [0.15, 0.2) is 30.3 Å². The molecule has 0 fully saturated rings. The molecule has 124 valence electrons. The number of carboxylic acids is 1. The normalized spacial score (nSPS) is 11.0. The van der Waals surface area contributed by atoms with Crippen molar-refractivity contribution in [3.8, 4) is 0 Å². The van der Waals surface area contributed by atoms with E-state index >= 15 is 0 Å². The Morgan fingerprint density at radius 2 is 1.35 bits per heavy atom. The smallest absolute Gasteiger partial charge is 0.547 e. The molecule has 0 amide bonds. The van der Waals surface area contributed by atoms with Gasteiger partial charge in [0.2, 0.25) is 0 Å². The largest absolute Gasteiger partial charge is 1.00 e. The van der Waals surface area contributed by atoms with Crippen molar-refractivity contribution in [2.45, 2.75) is 68.5 Å². The van der Waals surface area contributed by atoms with Crippen molar-refractivity contribution in [1.29, 1.82) is 0 Å². The maximum Gasteiger partial charge on any atom is 1.00 e. The van der Waals surface area contributed by atoms with E-state index in [1.807, 2.05) is 0 Å². The summed E-state index contributed by atoms with van der Waals surface area (Å²) in [6.07, 6.45) is 10.4. The van der Waals surface area contributed by atoms with Gasteiger partial charge >= 0.3 is 29.6 Å². The predicted molar refractivity (Wildman–Crippen MR) is 91.1 cm³/mol. The number of carbonyl (C=O) groups excluding carboxylic acids is 1. The van der Waals surface area contributed by atoms with E-state index in [0.717, 1.165) is 25.7 Å². The Hall–Kier alpha value is 0.270. The fourth-order valence-corrected chi connectivity index (χ4v) is 2.75. The Labute approximate surface area is 172 Å². The molecule has 0 aliphatic carbocycles. The molecule has 0 bridgehead atoms. The van der Waals surface area contributed by atoms with Gasteiger partial charge in [0.25, 0.3) is 0 Å². The summed E-state index contributed by atoms with van der Waals surface area (Å²) in [6.45, 7) is 0. The Morgan fingerprint density at radius 3 is 1.87 bits per heavy atom. The molecule has 2 nitrogen and oxygen atoms in total. The Kier molecular flexibility index (Phi) is 13.7. The van der Waals surface area contributed by atoms with Crippen molar-refractivity contribution in [2.24, 2.45) is 0 Å². The van der Waals surface area contributed by atoms with Gasteiger partial charge in [-0.2, -0.15) is 0 Å². The molecule has 23 heavy (non-hydrogen) atoms. The number of halogens is 2. The average Bonchev–Trinajstić information content (AvgIpc) is 2.50. The molecule has 1 aromatic rings. The zero-order valence-electron chi connectivity index (χ0n) is 14.0.